The Kier molecular flexibility index (Phi) is 6.23. The Hall–Kier alpha value is -1.38. The van der Waals surface area contributed by atoms with Crippen LogP contribution in [-0.4, -0.2) is 12.8 Å². The molecule has 0 amide bonds. The lowest BCUT2D eigenvalue weighted by Crippen LogP contribution is -1.89. The highest BCUT2D eigenvalue weighted by Crippen LogP contribution is 2.01. The van der Waals surface area contributed by atoms with Crippen LogP contribution in [0.3, 0.4) is 0 Å². The van der Waals surface area contributed by atoms with Gasteiger partial charge in [-0.1, -0.05) is 37.1 Å². The summed E-state index contributed by atoms with van der Waals surface area (Å²) in [5.74, 6) is -0.258. The molecular weight excluding hydrogens is 205 g/mol. The molecular formula is C13H18FNO. The van der Waals surface area contributed by atoms with E-state index in [1.54, 1.807) is 12.1 Å². The molecule has 3 heteroatoms. The van der Waals surface area contributed by atoms with Gasteiger partial charge in [-0.15, -0.1) is 0 Å². The summed E-state index contributed by atoms with van der Waals surface area (Å²) in [6.45, 7) is 2.80. The Morgan fingerprint density at radius 3 is 2.94 bits per heavy atom. The molecule has 1 aromatic rings. The maximum Gasteiger partial charge on any atom is 0.123 e. The fourth-order valence-electron chi connectivity index (χ4n) is 1.33. The third-order valence-electron chi connectivity index (χ3n) is 2.21. The van der Waals surface area contributed by atoms with Crippen molar-refractivity contribution in [3.8, 4) is 0 Å². The van der Waals surface area contributed by atoms with Crippen molar-refractivity contribution in [3.63, 3.8) is 0 Å². The topological polar surface area (TPSA) is 21.6 Å². The van der Waals surface area contributed by atoms with Gasteiger partial charge in [0.05, 0.1) is 6.21 Å². The molecule has 0 saturated heterocycles. The summed E-state index contributed by atoms with van der Waals surface area (Å²) in [7, 11) is 0. The molecule has 0 heterocycles. The van der Waals surface area contributed by atoms with Crippen LogP contribution in [0.4, 0.5) is 4.39 Å². The molecule has 88 valence electrons. The number of nitrogens with zero attached hydrogens (tertiary/aromatic N) is 1. The van der Waals surface area contributed by atoms with E-state index in [1.165, 1.54) is 37.6 Å². The number of hydrogen-bond acceptors (Lipinski definition) is 2. The highest BCUT2D eigenvalue weighted by molar-refractivity contribution is 5.78. The second-order valence-electron chi connectivity index (χ2n) is 3.68. The first-order valence-electron chi connectivity index (χ1n) is 5.74. The molecule has 1 aromatic carbocycles. The van der Waals surface area contributed by atoms with Crippen molar-refractivity contribution in [2.45, 2.75) is 32.6 Å². The predicted molar refractivity (Wildman–Crippen MR) is 64.1 cm³/mol. The molecule has 0 aliphatic heterocycles. The molecule has 0 aliphatic carbocycles. The van der Waals surface area contributed by atoms with Crippen molar-refractivity contribution in [3.05, 3.63) is 35.6 Å². The molecule has 0 aliphatic rings. The van der Waals surface area contributed by atoms with E-state index < -0.39 is 0 Å². The zero-order valence-corrected chi connectivity index (χ0v) is 9.66. The lowest BCUT2D eigenvalue weighted by molar-refractivity contribution is 0.141. The minimum atomic E-state index is -0.258. The minimum Gasteiger partial charge on any atom is -0.396 e. The largest absolute Gasteiger partial charge is 0.396 e. The van der Waals surface area contributed by atoms with Crippen molar-refractivity contribution >= 4 is 6.21 Å². The van der Waals surface area contributed by atoms with Gasteiger partial charge in [0.25, 0.3) is 0 Å². The van der Waals surface area contributed by atoms with Crippen molar-refractivity contribution in [2.24, 2.45) is 5.16 Å². The van der Waals surface area contributed by atoms with Crippen LogP contribution < -0.4 is 0 Å². The molecule has 0 unspecified atom stereocenters. The van der Waals surface area contributed by atoms with Crippen LogP contribution >= 0.6 is 0 Å². The van der Waals surface area contributed by atoms with E-state index in [1.807, 2.05) is 0 Å². The summed E-state index contributed by atoms with van der Waals surface area (Å²) in [5, 5.41) is 3.79. The van der Waals surface area contributed by atoms with Crippen molar-refractivity contribution in [2.75, 3.05) is 6.61 Å². The van der Waals surface area contributed by atoms with Gasteiger partial charge in [0, 0.05) is 0 Å². The van der Waals surface area contributed by atoms with Gasteiger partial charge in [-0.25, -0.2) is 4.39 Å². The van der Waals surface area contributed by atoms with Crippen LogP contribution in [0.2, 0.25) is 0 Å². The van der Waals surface area contributed by atoms with Gasteiger partial charge in [0.2, 0.25) is 0 Å². The third kappa shape index (κ3) is 5.49. The summed E-state index contributed by atoms with van der Waals surface area (Å²) in [4.78, 5) is 5.07. The molecule has 0 N–H and O–H groups in total. The van der Waals surface area contributed by atoms with Crippen LogP contribution in [0.5, 0.6) is 0 Å². The lowest BCUT2D eigenvalue weighted by Gasteiger charge is -1.98. The fraction of sp³-hybridized carbons (Fsp3) is 0.462. The van der Waals surface area contributed by atoms with Crippen molar-refractivity contribution in [1.82, 2.24) is 0 Å². The average molecular weight is 223 g/mol. The van der Waals surface area contributed by atoms with E-state index in [-0.39, 0.29) is 5.82 Å². The van der Waals surface area contributed by atoms with E-state index in [9.17, 15) is 4.39 Å². The van der Waals surface area contributed by atoms with Crippen LogP contribution in [0, 0.1) is 5.82 Å². The second kappa shape index (κ2) is 7.85. The monoisotopic (exact) mass is 223 g/mol. The second-order valence-corrected chi connectivity index (χ2v) is 3.68. The minimum absolute atomic E-state index is 0.258. The molecule has 1 rings (SSSR count). The Bertz CT molecular complexity index is 325. The van der Waals surface area contributed by atoms with Gasteiger partial charge >= 0.3 is 0 Å². The van der Waals surface area contributed by atoms with Crippen molar-refractivity contribution < 1.29 is 9.23 Å². The van der Waals surface area contributed by atoms with Gasteiger partial charge in [-0.3, -0.25) is 0 Å². The van der Waals surface area contributed by atoms with Crippen molar-refractivity contribution in [1.29, 1.82) is 0 Å². The third-order valence-corrected chi connectivity index (χ3v) is 2.21. The Labute approximate surface area is 96.1 Å². The maximum absolute atomic E-state index is 12.8. The van der Waals surface area contributed by atoms with E-state index >= 15 is 0 Å². The number of halogens is 1. The number of hydrogen-bond donors (Lipinski definition) is 0. The fourth-order valence-corrected chi connectivity index (χ4v) is 1.33. The Morgan fingerprint density at radius 2 is 2.19 bits per heavy atom. The summed E-state index contributed by atoms with van der Waals surface area (Å²) in [5.41, 5.74) is 0.716. The molecule has 0 bridgehead atoms. The first-order chi connectivity index (χ1) is 7.83. The van der Waals surface area contributed by atoms with Crippen LogP contribution in [-0.2, 0) is 4.84 Å². The quantitative estimate of drug-likeness (QED) is 0.392. The van der Waals surface area contributed by atoms with Gasteiger partial charge < -0.3 is 4.84 Å². The molecule has 2 nitrogen and oxygen atoms in total. The van der Waals surface area contributed by atoms with Gasteiger partial charge in [0.15, 0.2) is 0 Å². The summed E-state index contributed by atoms with van der Waals surface area (Å²) < 4.78 is 12.8. The average Bonchev–Trinajstić information content (AvgIpc) is 2.28. The molecule has 16 heavy (non-hydrogen) atoms. The predicted octanol–water partition coefficient (Wildman–Crippen LogP) is 3.76. The molecule has 0 spiro atoms. The summed E-state index contributed by atoms with van der Waals surface area (Å²) >= 11 is 0. The number of unbranched alkanes of at least 4 members (excludes halogenated alkanes) is 3. The van der Waals surface area contributed by atoms with E-state index in [2.05, 4.69) is 12.1 Å². The number of rotatable bonds is 7. The molecule has 0 saturated carbocycles. The maximum atomic E-state index is 12.8. The summed E-state index contributed by atoms with van der Waals surface area (Å²) in [6, 6.07) is 6.26. The number of benzene rings is 1. The van der Waals surface area contributed by atoms with Crippen LogP contribution in [0.1, 0.15) is 38.2 Å². The molecule has 0 radical (unpaired) electrons. The zero-order chi connectivity index (χ0) is 11.6. The van der Waals surface area contributed by atoms with Crippen LogP contribution in [0.25, 0.3) is 0 Å². The Balaban J connectivity index is 2.17. The van der Waals surface area contributed by atoms with E-state index in [4.69, 9.17) is 4.84 Å². The summed E-state index contributed by atoms with van der Waals surface area (Å²) in [6.07, 6.45) is 6.17. The number of oxime groups is 1. The van der Waals surface area contributed by atoms with Gasteiger partial charge in [-0.05, 0) is 30.5 Å². The first-order valence-corrected chi connectivity index (χ1v) is 5.74. The van der Waals surface area contributed by atoms with E-state index in [0.717, 1.165) is 6.42 Å². The zero-order valence-electron chi connectivity index (χ0n) is 9.66. The molecule has 0 fully saturated rings. The smallest absolute Gasteiger partial charge is 0.123 e. The first kappa shape index (κ1) is 12.7. The van der Waals surface area contributed by atoms with Crippen LogP contribution in [0.15, 0.2) is 29.4 Å². The highest BCUT2D eigenvalue weighted by atomic mass is 19.1. The SMILES string of the molecule is CCCCCCON=Cc1cccc(F)c1. The van der Waals surface area contributed by atoms with Gasteiger partial charge in [0.1, 0.15) is 12.4 Å². The normalized spacial score (nSPS) is 10.9. The molecule has 0 aromatic heterocycles. The Morgan fingerprint density at radius 1 is 1.31 bits per heavy atom. The van der Waals surface area contributed by atoms with E-state index in [0.29, 0.717) is 12.2 Å². The van der Waals surface area contributed by atoms with Gasteiger partial charge in [-0.2, -0.15) is 0 Å². The lowest BCUT2D eigenvalue weighted by atomic mass is 10.2. The standard InChI is InChI=1S/C13H18FNO/c1-2-3-4-5-9-16-15-11-12-7-6-8-13(14)10-12/h6-8,10-11H,2-5,9H2,1H3. The molecule has 0 atom stereocenters. The highest BCUT2D eigenvalue weighted by Gasteiger charge is 1.91.